The van der Waals surface area contributed by atoms with Crippen LogP contribution < -0.4 is 5.32 Å². The second kappa shape index (κ2) is 4.74. The molecule has 1 aromatic carbocycles. The molecule has 1 N–H and O–H groups in total. The number of aromatic nitrogens is 2. The Hall–Kier alpha value is -1.94. The van der Waals surface area contributed by atoms with Gasteiger partial charge in [0.25, 0.3) is 0 Å². The van der Waals surface area contributed by atoms with Crippen molar-refractivity contribution in [3.8, 4) is 0 Å². The summed E-state index contributed by atoms with van der Waals surface area (Å²) >= 11 is 1.75. The summed E-state index contributed by atoms with van der Waals surface area (Å²) < 4.78 is 0. The van der Waals surface area contributed by atoms with E-state index in [0.29, 0.717) is 0 Å². The predicted molar refractivity (Wildman–Crippen MR) is 75.9 cm³/mol. The number of rotatable bonds is 3. The lowest BCUT2D eigenvalue weighted by Crippen LogP contribution is -2.07. The normalized spacial score (nSPS) is 12.5. The lowest BCUT2D eigenvalue weighted by molar-refractivity contribution is 0.898. The molecule has 3 rings (SSSR count). The van der Waals surface area contributed by atoms with E-state index in [1.807, 2.05) is 24.3 Å². The quantitative estimate of drug-likeness (QED) is 0.772. The number of thiophene rings is 1. The molecule has 4 heteroatoms. The maximum atomic E-state index is 4.34. The zero-order chi connectivity index (χ0) is 12.4. The lowest BCUT2D eigenvalue weighted by atomic mass is 10.2. The molecule has 3 nitrogen and oxygen atoms in total. The number of para-hydroxylation sites is 1. The Morgan fingerprint density at radius 3 is 2.83 bits per heavy atom. The summed E-state index contributed by atoms with van der Waals surface area (Å²) in [6.45, 7) is 2.14. The van der Waals surface area contributed by atoms with Crippen molar-refractivity contribution in [3.05, 3.63) is 53.0 Å². The van der Waals surface area contributed by atoms with Gasteiger partial charge in [-0.15, -0.1) is 11.3 Å². The lowest BCUT2D eigenvalue weighted by Gasteiger charge is -2.14. The average molecular weight is 255 g/mol. The zero-order valence-electron chi connectivity index (χ0n) is 10.00. The van der Waals surface area contributed by atoms with Crippen molar-refractivity contribution in [3.63, 3.8) is 0 Å². The Labute approximate surface area is 110 Å². The van der Waals surface area contributed by atoms with E-state index in [1.165, 1.54) is 4.88 Å². The van der Waals surface area contributed by atoms with Crippen molar-refractivity contribution in [2.45, 2.75) is 13.0 Å². The topological polar surface area (TPSA) is 37.8 Å². The van der Waals surface area contributed by atoms with Crippen molar-refractivity contribution in [2.75, 3.05) is 5.32 Å². The largest absolute Gasteiger partial charge is 0.362 e. The third kappa shape index (κ3) is 2.07. The first-order chi connectivity index (χ1) is 8.84. The predicted octanol–water partition coefficient (Wildman–Crippen LogP) is 3.86. The van der Waals surface area contributed by atoms with Gasteiger partial charge in [0.05, 0.1) is 11.6 Å². The standard InChI is InChI=1S/C14H13N3S/c1-10(13-7-4-8-18-13)17-14-11-5-2-3-6-12(11)15-9-16-14/h2-10H,1H3,(H,15,16,17). The summed E-state index contributed by atoms with van der Waals surface area (Å²) in [6.07, 6.45) is 1.60. The highest BCUT2D eigenvalue weighted by atomic mass is 32.1. The summed E-state index contributed by atoms with van der Waals surface area (Å²) in [4.78, 5) is 9.91. The minimum atomic E-state index is 0.253. The molecule has 0 fully saturated rings. The van der Waals surface area contributed by atoms with Gasteiger partial charge in [0.1, 0.15) is 12.1 Å². The maximum absolute atomic E-state index is 4.34. The van der Waals surface area contributed by atoms with Crippen LogP contribution in [0.15, 0.2) is 48.1 Å². The van der Waals surface area contributed by atoms with Gasteiger partial charge in [0, 0.05) is 10.3 Å². The Morgan fingerprint density at radius 1 is 1.11 bits per heavy atom. The molecule has 18 heavy (non-hydrogen) atoms. The Balaban J connectivity index is 1.95. The van der Waals surface area contributed by atoms with E-state index in [0.717, 1.165) is 16.7 Å². The maximum Gasteiger partial charge on any atom is 0.137 e. The first kappa shape index (κ1) is 11.2. The molecule has 1 atom stereocenters. The molecule has 0 aliphatic carbocycles. The molecule has 0 spiro atoms. The number of nitrogens with zero attached hydrogens (tertiary/aromatic N) is 2. The van der Waals surface area contributed by atoms with Crippen LogP contribution in [0.25, 0.3) is 10.9 Å². The fourth-order valence-corrected chi connectivity index (χ4v) is 2.67. The fraction of sp³-hybridized carbons (Fsp3) is 0.143. The molecule has 2 aromatic heterocycles. The molecule has 0 saturated heterocycles. The van der Waals surface area contributed by atoms with Crippen LogP contribution in [-0.2, 0) is 0 Å². The number of hydrogen-bond acceptors (Lipinski definition) is 4. The highest BCUT2D eigenvalue weighted by Gasteiger charge is 2.09. The molecular weight excluding hydrogens is 242 g/mol. The molecule has 0 bridgehead atoms. The van der Waals surface area contributed by atoms with Gasteiger partial charge in [-0.3, -0.25) is 0 Å². The van der Waals surface area contributed by atoms with Gasteiger partial charge in [-0.25, -0.2) is 9.97 Å². The van der Waals surface area contributed by atoms with Gasteiger partial charge in [0.2, 0.25) is 0 Å². The second-order valence-electron chi connectivity index (χ2n) is 4.12. The van der Waals surface area contributed by atoms with E-state index >= 15 is 0 Å². The molecule has 0 amide bonds. The van der Waals surface area contributed by atoms with Crippen molar-refractivity contribution in [2.24, 2.45) is 0 Å². The van der Waals surface area contributed by atoms with Crippen LogP contribution in [-0.4, -0.2) is 9.97 Å². The smallest absolute Gasteiger partial charge is 0.137 e. The van der Waals surface area contributed by atoms with Crippen LogP contribution in [0.2, 0.25) is 0 Å². The molecule has 0 aliphatic heterocycles. The zero-order valence-corrected chi connectivity index (χ0v) is 10.8. The summed E-state index contributed by atoms with van der Waals surface area (Å²) in [5, 5.41) is 6.59. The van der Waals surface area contributed by atoms with Crippen LogP contribution in [0.3, 0.4) is 0 Å². The summed E-state index contributed by atoms with van der Waals surface area (Å²) in [6, 6.07) is 12.5. The van der Waals surface area contributed by atoms with Crippen molar-refractivity contribution in [1.82, 2.24) is 9.97 Å². The minimum Gasteiger partial charge on any atom is -0.362 e. The molecule has 0 saturated carbocycles. The minimum absolute atomic E-state index is 0.253. The number of anilines is 1. The van der Waals surface area contributed by atoms with Crippen LogP contribution in [0, 0.1) is 0 Å². The molecule has 3 aromatic rings. The monoisotopic (exact) mass is 255 g/mol. The van der Waals surface area contributed by atoms with Crippen LogP contribution in [0.1, 0.15) is 17.8 Å². The number of hydrogen-bond donors (Lipinski definition) is 1. The van der Waals surface area contributed by atoms with Gasteiger partial charge in [-0.2, -0.15) is 0 Å². The average Bonchev–Trinajstić information content (AvgIpc) is 2.93. The summed E-state index contributed by atoms with van der Waals surface area (Å²) in [5.41, 5.74) is 0.966. The Morgan fingerprint density at radius 2 is 2.00 bits per heavy atom. The van der Waals surface area contributed by atoms with Crippen molar-refractivity contribution in [1.29, 1.82) is 0 Å². The van der Waals surface area contributed by atoms with Crippen LogP contribution in [0.4, 0.5) is 5.82 Å². The van der Waals surface area contributed by atoms with E-state index in [9.17, 15) is 0 Å². The number of fused-ring (bicyclic) bond motifs is 1. The molecule has 90 valence electrons. The molecule has 0 aliphatic rings. The first-order valence-corrected chi connectivity index (χ1v) is 6.72. The first-order valence-electron chi connectivity index (χ1n) is 5.84. The van der Waals surface area contributed by atoms with Gasteiger partial charge in [-0.1, -0.05) is 18.2 Å². The number of nitrogens with one attached hydrogen (secondary N) is 1. The van der Waals surface area contributed by atoms with Crippen LogP contribution >= 0.6 is 11.3 Å². The van der Waals surface area contributed by atoms with E-state index in [1.54, 1.807) is 17.7 Å². The highest BCUT2D eigenvalue weighted by molar-refractivity contribution is 7.10. The SMILES string of the molecule is CC(Nc1ncnc2ccccc12)c1cccs1. The molecule has 2 heterocycles. The second-order valence-corrected chi connectivity index (χ2v) is 5.10. The molecule has 1 unspecified atom stereocenters. The third-order valence-corrected chi connectivity index (χ3v) is 3.92. The summed E-state index contributed by atoms with van der Waals surface area (Å²) in [5.74, 6) is 0.890. The molecular formula is C14H13N3S. The number of benzene rings is 1. The highest BCUT2D eigenvalue weighted by Crippen LogP contribution is 2.25. The Bertz CT molecular complexity index is 644. The van der Waals surface area contributed by atoms with E-state index < -0.39 is 0 Å². The molecule has 0 radical (unpaired) electrons. The van der Waals surface area contributed by atoms with E-state index in [-0.39, 0.29) is 6.04 Å². The van der Waals surface area contributed by atoms with Crippen molar-refractivity contribution >= 4 is 28.1 Å². The van der Waals surface area contributed by atoms with Crippen molar-refractivity contribution < 1.29 is 0 Å². The van der Waals surface area contributed by atoms with Gasteiger partial charge < -0.3 is 5.32 Å². The van der Waals surface area contributed by atoms with Gasteiger partial charge in [-0.05, 0) is 30.5 Å². The summed E-state index contributed by atoms with van der Waals surface area (Å²) in [7, 11) is 0. The van der Waals surface area contributed by atoms with E-state index in [4.69, 9.17) is 0 Å². The fourth-order valence-electron chi connectivity index (χ4n) is 1.93. The Kier molecular flexibility index (Phi) is 2.94. The van der Waals surface area contributed by atoms with E-state index in [2.05, 4.69) is 39.7 Å². The third-order valence-electron chi connectivity index (χ3n) is 2.87. The van der Waals surface area contributed by atoms with Gasteiger partial charge in [0.15, 0.2) is 0 Å². The van der Waals surface area contributed by atoms with Gasteiger partial charge >= 0.3 is 0 Å². The van der Waals surface area contributed by atoms with Crippen LogP contribution in [0.5, 0.6) is 0 Å².